The Labute approximate surface area is 270 Å². The van der Waals surface area contributed by atoms with Gasteiger partial charge in [-0.2, -0.15) is 0 Å². The lowest BCUT2D eigenvalue weighted by Crippen LogP contribution is -2.49. The second kappa shape index (κ2) is 16.2. The molecule has 0 unspecified atom stereocenters. The number of carbonyl (C=O) groups excluding carboxylic acids is 2. The smallest absolute Gasteiger partial charge is 0.222 e. The van der Waals surface area contributed by atoms with E-state index >= 15 is 0 Å². The number of hydrogen-bond acceptors (Lipinski definition) is 4. The van der Waals surface area contributed by atoms with E-state index < -0.39 is 0 Å². The zero-order valence-electron chi connectivity index (χ0n) is 26.1. The number of likely N-dealkylation sites (tertiary alicyclic amines) is 2. The van der Waals surface area contributed by atoms with Gasteiger partial charge in [0.2, 0.25) is 11.8 Å². The molecule has 6 nitrogen and oxygen atoms in total. The Hall–Kier alpha value is -4.40. The molecule has 6 rings (SSSR count). The third kappa shape index (κ3) is 9.80. The molecule has 0 spiro atoms. The summed E-state index contributed by atoms with van der Waals surface area (Å²) in [5.74, 6) is -0.204. The van der Waals surface area contributed by atoms with Gasteiger partial charge in [0.05, 0.1) is 0 Å². The average molecular weight is 625 g/mol. The Kier molecular flexibility index (Phi) is 11.6. The second-order valence-corrected chi connectivity index (χ2v) is 12.2. The number of benzene rings is 4. The summed E-state index contributed by atoms with van der Waals surface area (Å²) in [6.45, 7) is 4.02. The van der Waals surface area contributed by atoms with Crippen molar-refractivity contribution in [1.82, 2.24) is 14.7 Å². The largest absolute Gasteiger partial charge is 0.337 e. The van der Waals surface area contributed by atoms with Crippen molar-refractivity contribution in [2.24, 2.45) is 5.73 Å². The van der Waals surface area contributed by atoms with Gasteiger partial charge in [-0.3, -0.25) is 14.5 Å². The van der Waals surface area contributed by atoms with Crippen molar-refractivity contribution < 1.29 is 18.4 Å². The highest BCUT2D eigenvalue weighted by molar-refractivity contribution is 5.77. The molecular weight excluding hydrogens is 582 g/mol. The normalized spacial score (nSPS) is 18.3. The molecule has 2 heterocycles. The fourth-order valence-corrected chi connectivity index (χ4v) is 6.01. The summed E-state index contributed by atoms with van der Waals surface area (Å²) in [7, 11) is 0. The number of hydrogen-bond donors (Lipinski definition) is 1. The first-order valence-corrected chi connectivity index (χ1v) is 15.9. The van der Waals surface area contributed by atoms with Crippen LogP contribution in [-0.2, 0) is 35.8 Å². The molecule has 4 aromatic rings. The first-order chi connectivity index (χ1) is 22.3. The molecule has 0 radical (unpaired) electrons. The summed E-state index contributed by atoms with van der Waals surface area (Å²) < 4.78 is 25.9. The molecule has 2 amide bonds. The first-order valence-electron chi connectivity index (χ1n) is 15.9. The third-order valence-corrected chi connectivity index (χ3v) is 8.56. The molecule has 46 heavy (non-hydrogen) atoms. The molecule has 2 saturated heterocycles. The van der Waals surface area contributed by atoms with E-state index in [1.165, 1.54) is 35.4 Å². The van der Waals surface area contributed by atoms with Crippen LogP contribution in [0.2, 0.25) is 0 Å². The topological polar surface area (TPSA) is 69.9 Å². The third-order valence-electron chi connectivity index (χ3n) is 8.56. The minimum atomic E-state index is -0.259. The van der Waals surface area contributed by atoms with Gasteiger partial charge in [-0.1, -0.05) is 84.9 Å². The Morgan fingerprint density at radius 3 is 1.50 bits per heavy atom. The predicted molar refractivity (Wildman–Crippen MR) is 176 cm³/mol. The molecule has 4 aromatic carbocycles. The molecule has 0 aliphatic carbocycles. The molecule has 0 saturated carbocycles. The van der Waals surface area contributed by atoms with Gasteiger partial charge in [-0.15, -0.1) is 0 Å². The van der Waals surface area contributed by atoms with Crippen LogP contribution in [0.3, 0.4) is 0 Å². The van der Waals surface area contributed by atoms with Crippen molar-refractivity contribution in [3.63, 3.8) is 0 Å². The van der Waals surface area contributed by atoms with E-state index in [9.17, 15) is 18.4 Å². The highest BCUT2D eigenvalue weighted by atomic mass is 19.1. The van der Waals surface area contributed by atoms with Gasteiger partial charge in [-0.25, -0.2) is 8.78 Å². The molecule has 0 aromatic heterocycles. The molecule has 2 N–H and O–H groups in total. The number of rotatable bonds is 9. The van der Waals surface area contributed by atoms with E-state index in [2.05, 4.69) is 53.4 Å². The lowest BCUT2D eigenvalue weighted by Gasteiger charge is -2.39. The highest BCUT2D eigenvalue weighted by Crippen LogP contribution is 2.23. The van der Waals surface area contributed by atoms with Gasteiger partial charge < -0.3 is 15.5 Å². The number of carbonyl (C=O) groups is 2. The van der Waals surface area contributed by atoms with Crippen LogP contribution in [0.5, 0.6) is 0 Å². The Morgan fingerprint density at radius 1 is 0.587 bits per heavy atom. The fourth-order valence-electron chi connectivity index (χ4n) is 6.01. The lowest BCUT2D eigenvalue weighted by molar-refractivity contribution is -0.136. The van der Waals surface area contributed by atoms with Gasteiger partial charge >= 0.3 is 0 Å². The molecule has 2 fully saturated rings. The van der Waals surface area contributed by atoms with E-state index in [-0.39, 0.29) is 35.5 Å². The van der Waals surface area contributed by atoms with Gasteiger partial charge in [0.15, 0.2) is 0 Å². The lowest BCUT2D eigenvalue weighted by atomic mass is 10.0. The summed E-state index contributed by atoms with van der Waals surface area (Å²) in [5, 5.41) is 0. The monoisotopic (exact) mass is 624 g/mol. The zero-order valence-corrected chi connectivity index (χ0v) is 26.1. The maximum Gasteiger partial charge on any atom is 0.222 e. The van der Waals surface area contributed by atoms with Gasteiger partial charge in [0.25, 0.3) is 0 Å². The number of nitrogens with zero attached hydrogens (tertiary/aromatic N) is 3. The minimum absolute atomic E-state index is 0.0677. The summed E-state index contributed by atoms with van der Waals surface area (Å²) in [5.41, 5.74) is 10.3. The van der Waals surface area contributed by atoms with Crippen LogP contribution >= 0.6 is 0 Å². The van der Waals surface area contributed by atoms with Gasteiger partial charge in [0, 0.05) is 64.2 Å². The quantitative estimate of drug-likeness (QED) is 0.238. The zero-order chi connectivity index (χ0) is 32.3. The van der Waals surface area contributed by atoms with E-state index in [1.54, 1.807) is 29.2 Å². The number of nitrogens with two attached hydrogens (primary N) is 1. The predicted octanol–water partition coefficient (Wildman–Crippen LogP) is 6.29. The Bertz CT molecular complexity index is 1490. The molecule has 2 aliphatic heterocycles. The van der Waals surface area contributed by atoms with Crippen molar-refractivity contribution in [3.05, 3.63) is 143 Å². The van der Waals surface area contributed by atoms with Crippen LogP contribution in [-0.4, -0.2) is 51.7 Å². The van der Waals surface area contributed by atoms with E-state index in [1.807, 2.05) is 17.0 Å². The summed E-state index contributed by atoms with van der Waals surface area (Å²) >= 11 is 0. The SMILES string of the molecule is N[C@H]1CCC(=O)N(Cc2ccc(F)cc2)C1.O=C1CC[C@H](N(Cc2ccccc2)Cc2ccccc2)CN1Cc1ccc(F)cc1. The minimum Gasteiger partial charge on any atom is -0.337 e. The highest BCUT2D eigenvalue weighted by Gasteiger charge is 2.30. The van der Waals surface area contributed by atoms with E-state index in [4.69, 9.17) is 5.73 Å². The number of piperidine rings is 2. The van der Waals surface area contributed by atoms with Crippen LogP contribution in [0, 0.1) is 11.6 Å². The van der Waals surface area contributed by atoms with Crippen LogP contribution in [0.15, 0.2) is 109 Å². The summed E-state index contributed by atoms with van der Waals surface area (Å²) in [4.78, 5) is 30.3. The van der Waals surface area contributed by atoms with Gasteiger partial charge in [-0.05, 0) is 59.4 Å². The maximum absolute atomic E-state index is 13.2. The van der Waals surface area contributed by atoms with E-state index in [0.29, 0.717) is 39.0 Å². The second-order valence-electron chi connectivity index (χ2n) is 12.2. The van der Waals surface area contributed by atoms with E-state index in [0.717, 1.165) is 37.1 Å². The fraction of sp³-hybridized carbons (Fsp3) is 0.316. The van der Waals surface area contributed by atoms with Crippen LogP contribution in [0.25, 0.3) is 0 Å². The molecule has 0 bridgehead atoms. The maximum atomic E-state index is 13.2. The number of amides is 2. The molecule has 8 heteroatoms. The molecular formula is C38H42F2N4O2. The first kappa shape index (κ1) is 33.0. The average Bonchev–Trinajstić information content (AvgIpc) is 3.07. The van der Waals surface area contributed by atoms with Crippen molar-refractivity contribution in [1.29, 1.82) is 0 Å². The van der Waals surface area contributed by atoms with Crippen LogP contribution in [0.1, 0.15) is 47.9 Å². The van der Waals surface area contributed by atoms with Crippen molar-refractivity contribution in [2.45, 2.75) is 63.9 Å². The van der Waals surface area contributed by atoms with Crippen molar-refractivity contribution >= 4 is 11.8 Å². The Balaban J connectivity index is 0.000000219. The van der Waals surface area contributed by atoms with Gasteiger partial charge in [0.1, 0.15) is 11.6 Å². The summed E-state index contributed by atoms with van der Waals surface area (Å²) in [6, 6.07) is 34.0. The van der Waals surface area contributed by atoms with Crippen molar-refractivity contribution in [2.75, 3.05) is 13.1 Å². The number of halogens is 2. The molecule has 2 atom stereocenters. The molecule has 2 aliphatic rings. The van der Waals surface area contributed by atoms with Crippen molar-refractivity contribution in [3.8, 4) is 0 Å². The summed E-state index contributed by atoms with van der Waals surface area (Å²) in [6.07, 6.45) is 2.69. The molecule has 240 valence electrons. The standard InChI is InChI=1S/C26H27FN2O.C12H15FN2O/c27-24-13-11-23(12-14-24)19-29-20-25(15-16-26(29)30)28(17-21-7-3-1-4-8-21)18-22-9-5-2-6-10-22;13-10-3-1-9(2-4-10)7-15-8-11(14)5-6-12(15)16/h1-14,25H,15-20H2;1-4,11H,5-8,14H2/t25-;11-/m00/s1. The van der Waals surface area contributed by atoms with Crippen LogP contribution in [0.4, 0.5) is 8.78 Å². The Morgan fingerprint density at radius 2 is 1.02 bits per heavy atom. The van der Waals surface area contributed by atoms with Crippen LogP contribution < -0.4 is 5.73 Å².